The molecule has 6 heteroatoms. The Morgan fingerprint density at radius 1 is 1.32 bits per heavy atom. The molecule has 1 N–H and O–H groups in total. The van der Waals surface area contributed by atoms with E-state index in [1.54, 1.807) is 12.1 Å². The molecule has 2 aromatic rings. The maximum absolute atomic E-state index is 13.7. The number of nitrogens with zero attached hydrogens (tertiary/aromatic N) is 2. The number of amidine groups is 1. The summed E-state index contributed by atoms with van der Waals surface area (Å²) in [6.07, 6.45) is 3.37. The Balaban J connectivity index is 1.54. The Labute approximate surface area is 126 Å². The third-order valence-electron chi connectivity index (χ3n) is 5.10. The summed E-state index contributed by atoms with van der Waals surface area (Å²) in [6.45, 7) is 3.09. The van der Waals surface area contributed by atoms with Gasteiger partial charge in [-0.2, -0.15) is 0 Å². The van der Waals surface area contributed by atoms with Gasteiger partial charge in [0.1, 0.15) is 11.8 Å². The van der Waals surface area contributed by atoms with Gasteiger partial charge >= 0.3 is 0 Å². The summed E-state index contributed by atoms with van der Waals surface area (Å²) in [6, 6.07) is 5.39. The lowest BCUT2D eigenvalue weighted by atomic mass is 9.81. The first-order valence-electron chi connectivity index (χ1n) is 7.67. The van der Waals surface area contributed by atoms with Gasteiger partial charge in [0.15, 0.2) is 11.7 Å². The highest BCUT2D eigenvalue weighted by atomic mass is 19.1. The molecule has 0 saturated carbocycles. The molecular formula is C16H16FN3O2. The van der Waals surface area contributed by atoms with Crippen LogP contribution < -0.4 is 5.48 Å². The topological polar surface area (TPSA) is 50.0 Å². The molecule has 6 rings (SSSR count). The fourth-order valence-corrected chi connectivity index (χ4v) is 3.87. The molecule has 0 radical (unpaired) electrons. The third kappa shape index (κ3) is 1.68. The molecule has 22 heavy (non-hydrogen) atoms. The van der Waals surface area contributed by atoms with E-state index >= 15 is 0 Å². The lowest BCUT2D eigenvalue weighted by Gasteiger charge is -2.47. The first-order valence-corrected chi connectivity index (χ1v) is 7.67. The van der Waals surface area contributed by atoms with Crippen LogP contribution in [-0.4, -0.2) is 36.1 Å². The molecule has 4 aliphatic rings. The van der Waals surface area contributed by atoms with Crippen molar-refractivity contribution >= 4 is 16.8 Å². The van der Waals surface area contributed by atoms with E-state index < -0.39 is 5.72 Å². The van der Waals surface area contributed by atoms with Crippen molar-refractivity contribution < 1.29 is 13.6 Å². The predicted molar refractivity (Wildman–Crippen MR) is 78.8 cm³/mol. The fraction of sp³-hybridized carbons (Fsp3) is 0.438. The van der Waals surface area contributed by atoms with Gasteiger partial charge in [-0.25, -0.2) is 19.7 Å². The SMILES string of the molecule is Fc1coc2ccc(C3=N[C@@]4(CN5CCC4CC5)ON3)cc12. The van der Waals surface area contributed by atoms with E-state index in [-0.39, 0.29) is 5.82 Å². The van der Waals surface area contributed by atoms with Crippen LogP contribution in [0.1, 0.15) is 18.4 Å². The number of hydrogen-bond acceptors (Lipinski definition) is 5. The molecule has 2 bridgehead atoms. The van der Waals surface area contributed by atoms with Crippen molar-refractivity contribution in [3.63, 3.8) is 0 Å². The number of hydroxylamine groups is 1. The van der Waals surface area contributed by atoms with E-state index in [1.807, 2.05) is 6.07 Å². The van der Waals surface area contributed by atoms with Gasteiger partial charge in [0.05, 0.1) is 11.9 Å². The van der Waals surface area contributed by atoms with Crippen molar-refractivity contribution in [3.8, 4) is 0 Å². The number of fused-ring (bicyclic) bond motifs is 3. The standard InChI is InChI=1S/C16H16FN3O2/c17-13-8-21-14-2-1-10(7-12(13)14)15-18-16(22-19-15)9-20-5-3-11(16)4-6-20/h1-2,7-8,11H,3-6,9H2,(H,18,19)/t16-/m0/s1. The number of aliphatic imine (C=N–C) groups is 1. The zero-order chi connectivity index (χ0) is 14.7. The lowest BCUT2D eigenvalue weighted by Crippen LogP contribution is -2.58. The molecule has 0 amide bonds. The van der Waals surface area contributed by atoms with Gasteiger partial charge in [-0.15, -0.1) is 0 Å². The quantitative estimate of drug-likeness (QED) is 0.878. The summed E-state index contributed by atoms with van der Waals surface area (Å²) in [5.41, 5.74) is 3.85. The van der Waals surface area contributed by atoms with Crippen molar-refractivity contribution in [2.24, 2.45) is 10.9 Å². The van der Waals surface area contributed by atoms with Crippen LogP contribution in [0.5, 0.6) is 0 Å². The molecule has 0 unspecified atom stereocenters. The molecule has 114 valence electrons. The largest absolute Gasteiger partial charge is 0.461 e. The summed E-state index contributed by atoms with van der Waals surface area (Å²) >= 11 is 0. The Kier molecular flexibility index (Phi) is 2.46. The van der Waals surface area contributed by atoms with Crippen molar-refractivity contribution in [1.82, 2.24) is 10.4 Å². The summed E-state index contributed by atoms with van der Waals surface area (Å²) in [5, 5.41) is 0.469. The van der Waals surface area contributed by atoms with Gasteiger partial charge < -0.3 is 4.42 Å². The molecule has 5 nitrogen and oxygen atoms in total. The Morgan fingerprint density at radius 2 is 2.18 bits per heavy atom. The van der Waals surface area contributed by atoms with Crippen molar-refractivity contribution in [1.29, 1.82) is 0 Å². The molecule has 0 aliphatic carbocycles. The second kappa shape index (κ2) is 4.30. The van der Waals surface area contributed by atoms with Crippen molar-refractivity contribution in [2.45, 2.75) is 18.6 Å². The van der Waals surface area contributed by atoms with Gasteiger partial charge in [-0.05, 0) is 44.1 Å². The van der Waals surface area contributed by atoms with E-state index in [9.17, 15) is 4.39 Å². The molecule has 1 atom stereocenters. The Bertz CT molecular complexity index is 779. The monoisotopic (exact) mass is 301 g/mol. The predicted octanol–water partition coefficient (Wildman–Crippen LogP) is 2.28. The van der Waals surface area contributed by atoms with Crippen LogP contribution in [0.3, 0.4) is 0 Å². The van der Waals surface area contributed by atoms with Crippen molar-refractivity contribution in [3.05, 3.63) is 35.8 Å². The maximum Gasteiger partial charge on any atom is 0.202 e. The van der Waals surface area contributed by atoms with Crippen LogP contribution in [0.4, 0.5) is 4.39 Å². The number of rotatable bonds is 1. The molecule has 1 aromatic heterocycles. The molecule has 3 saturated heterocycles. The van der Waals surface area contributed by atoms with E-state index in [0.717, 1.165) is 44.3 Å². The van der Waals surface area contributed by atoms with Crippen molar-refractivity contribution in [2.75, 3.05) is 19.6 Å². The normalized spacial score (nSPS) is 33.4. The highest BCUT2D eigenvalue weighted by Gasteiger charge is 2.51. The summed E-state index contributed by atoms with van der Waals surface area (Å²) in [4.78, 5) is 13.1. The van der Waals surface area contributed by atoms with E-state index in [4.69, 9.17) is 14.2 Å². The number of piperidine rings is 3. The maximum atomic E-state index is 13.7. The van der Waals surface area contributed by atoms with Crippen LogP contribution in [0.2, 0.25) is 0 Å². The highest BCUT2D eigenvalue weighted by molar-refractivity contribution is 6.01. The minimum atomic E-state index is -0.476. The van der Waals surface area contributed by atoms with E-state index in [1.165, 1.54) is 0 Å². The summed E-state index contributed by atoms with van der Waals surface area (Å²) in [7, 11) is 0. The molecular weight excluding hydrogens is 285 g/mol. The molecule has 1 aromatic carbocycles. The number of nitrogens with one attached hydrogen (secondary N) is 1. The first-order chi connectivity index (χ1) is 10.7. The van der Waals surface area contributed by atoms with Gasteiger partial charge in [0, 0.05) is 11.5 Å². The number of hydrogen-bond donors (Lipinski definition) is 1. The van der Waals surface area contributed by atoms with E-state index in [2.05, 4.69) is 10.4 Å². The summed E-state index contributed by atoms with van der Waals surface area (Å²) in [5.74, 6) is 0.780. The van der Waals surface area contributed by atoms with Gasteiger partial charge in [-0.1, -0.05) is 0 Å². The lowest BCUT2D eigenvalue weighted by molar-refractivity contribution is -0.155. The minimum absolute atomic E-state index is 0.353. The van der Waals surface area contributed by atoms with Gasteiger partial charge in [0.25, 0.3) is 0 Å². The van der Waals surface area contributed by atoms with Crippen LogP contribution in [0.25, 0.3) is 11.0 Å². The number of halogens is 1. The first kappa shape index (κ1) is 12.6. The second-order valence-corrected chi connectivity index (χ2v) is 6.35. The fourth-order valence-electron chi connectivity index (χ4n) is 3.87. The van der Waals surface area contributed by atoms with Crippen LogP contribution >= 0.6 is 0 Å². The van der Waals surface area contributed by atoms with Crippen LogP contribution in [0, 0.1) is 11.7 Å². The van der Waals surface area contributed by atoms with Gasteiger partial charge in [0.2, 0.25) is 5.72 Å². The zero-order valence-electron chi connectivity index (χ0n) is 12.0. The second-order valence-electron chi connectivity index (χ2n) is 6.35. The molecule has 3 fully saturated rings. The van der Waals surface area contributed by atoms with Gasteiger partial charge in [-0.3, -0.25) is 4.90 Å². The highest BCUT2D eigenvalue weighted by Crippen LogP contribution is 2.41. The molecule has 1 spiro atoms. The molecule has 5 heterocycles. The average Bonchev–Trinajstić information content (AvgIpc) is 3.13. The number of furan rings is 1. The average molecular weight is 301 g/mol. The smallest absolute Gasteiger partial charge is 0.202 e. The zero-order valence-corrected chi connectivity index (χ0v) is 12.0. The Morgan fingerprint density at radius 3 is 2.95 bits per heavy atom. The third-order valence-corrected chi connectivity index (χ3v) is 5.10. The van der Waals surface area contributed by atoms with Crippen LogP contribution in [-0.2, 0) is 4.84 Å². The van der Waals surface area contributed by atoms with E-state index in [0.29, 0.717) is 22.7 Å². The van der Waals surface area contributed by atoms with Crippen LogP contribution in [0.15, 0.2) is 33.9 Å². The molecule has 4 aliphatic heterocycles. The minimum Gasteiger partial charge on any atom is -0.461 e. The Hall–Kier alpha value is -1.92. The number of benzene rings is 1. The summed E-state index contributed by atoms with van der Waals surface area (Å²) < 4.78 is 18.8.